The van der Waals surface area contributed by atoms with Gasteiger partial charge in [0.15, 0.2) is 0 Å². The normalized spacial score (nSPS) is 11.1. The summed E-state index contributed by atoms with van der Waals surface area (Å²) in [5, 5.41) is 12.2. The number of nitrogens with zero attached hydrogens (tertiary/aromatic N) is 2. The number of benzene rings is 1. The molecule has 0 aliphatic rings. The first-order valence-electron chi connectivity index (χ1n) is 5.46. The third-order valence-corrected chi connectivity index (χ3v) is 3.87. The molecular weight excluding hydrogens is 266 g/mol. The lowest BCUT2D eigenvalue weighted by Gasteiger charge is -2.05. The summed E-state index contributed by atoms with van der Waals surface area (Å²) in [6, 6.07) is 9.76. The fraction of sp³-hybridized carbons (Fsp3) is 0.167. The summed E-state index contributed by atoms with van der Waals surface area (Å²) in [6.45, 7) is 0.0682. The van der Waals surface area contributed by atoms with E-state index in [4.69, 9.17) is 5.26 Å². The quantitative estimate of drug-likeness (QED) is 0.886. The van der Waals surface area contributed by atoms with Crippen LogP contribution >= 0.6 is 0 Å². The maximum Gasteiger partial charge on any atom is 0.240 e. The number of rotatable bonds is 5. The van der Waals surface area contributed by atoms with Crippen LogP contribution in [-0.4, -0.2) is 13.6 Å². The van der Waals surface area contributed by atoms with Gasteiger partial charge in [-0.25, -0.2) is 13.1 Å². The minimum atomic E-state index is -3.58. The summed E-state index contributed by atoms with van der Waals surface area (Å²) in [5.41, 5.74) is 1.28. The standard InChI is InChI=1S/C12H11N3O3S/c13-7-5-10-1-3-12(4-2-10)19(16,17)14-9-11-6-8-18-15-11/h1-4,6,8,14H,5,9H2. The van der Waals surface area contributed by atoms with Gasteiger partial charge in [-0.15, -0.1) is 0 Å². The van der Waals surface area contributed by atoms with Crippen LogP contribution in [0.25, 0.3) is 0 Å². The molecule has 1 aromatic heterocycles. The fourth-order valence-electron chi connectivity index (χ4n) is 1.46. The Balaban J connectivity index is 2.09. The molecule has 1 N–H and O–H groups in total. The average Bonchev–Trinajstić information content (AvgIpc) is 2.91. The van der Waals surface area contributed by atoms with E-state index in [1.165, 1.54) is 18.4 Å². The van der Waals surface area contributed by atoms with E-state index < -0.39 is 10.0 Å². The number of hydrogen-bond donors (Lipinski definition) is 1. The molecule has 0 atom stereocenters. The van der Waals surface area contributed by atoms with Crippen LogP contribution in [0.5, 0.6) is 0 Å². The van der Waals surface area contributed by atoms with Crippen LogP contribution in [0.15, 0.2) is 46.0 Å². The molecule has 0 saturated carbocycles. The Morgan fingerprint density at radius 1 is 1.26 bits per heavy atom. The molecule has 0 amide bonds. The molecule has 0 aliphatic heterocycles. The third-order valence-electron chi connectivity index (χ3n) is 2.45. The smallest absolute Gasteiger partial charge is 0.240 e. The van der Waals surface area contributed by atoms with Gasteiger partial charge >= 0.3 is 0 Å². The van der Waals surface area contributed by atoms with E-state index in [1.807, 2.05) is 6.07 Å². The highest BCUT2D eigenvalue weighted by Gasteiger charge is 2.14. The molecule has 0 unspecified atom stereocenters. The number of aromatic nitrogens is 1. The van der Waals surface area contributed by atoms with Crippen LogP contribution in [0, 0.1) is 11.3 Å². The first-order chi connectivity index (χ1) is 9.12. The lowest BCUT2D eigenvalue weighted by Crippen LogP contribution is -2.23. The first kappa shape index (κ1) is 13.3. The van der Waals surface area contributed by atoms with E-state index in [0.717, 1.165) is 5.56 Å². The van der Waals surface area contributed by atoms with Crippen molar-refractivity contribution < 1.29 is 12.9 Å². The Labute approximate surface area is 110 Å². The Bertz CT molecular complexity index is 670. The lowest BCUT2D eigenvalue weighted by atomic mass is 10.2. The van der Waals surface area contributed by atoms with Crippen LogP contribution in [0.2, 0.25) is 0 Å². The van der Waals surface area contributed by atoms with Gasteiger partial charge in [-0.2, -0.15) is 5.26 Å². The number of sulfonamides is 1. The zero-order chi connectivity index (χ0) is 13.7. The summed E-state index contributed by atoms with van der Waals surface area (Å²) < 4.78 is 31.0. The first-order valence-corrected chi connectivity index (χ1v) is 6.95. The van der Waals surface area contributed by atoms with Crippen LogP contribution in [0.1, 0.15) is 11.3 Å². The third kappa shape index (κ3) is 3.40. The highest BCUT2D eigenvalue weighted by atomic mass is 32.2. The maximum atomic E-state index is 12.0. The molecule has 0 spiro atoms. The maximum absolute atomic E-state index is 12.0. The van der Waals surface area contributed by atoms with Crippen molar-refractivity contribution in [2.24, 2.45) is 0 Å². The van der Waals surface area contributed by atoms with E-state index in [0.29, 0.717) is 5.69 Å². The predicted molar refractivity (Wildman–Crippen MR) is 66.3 cm³/mol. The summed E-state index contributed by atoms with van der Waals surface area (Å²) in [7, 11) is -3.58. The summed E-state index contributed by atoms with van der Waals surface area (Å²) in [4.78, 5) is 0.151. The van der Waals surface area contributed by atoms with Crippen molar-refractivity contribution in [2.75, 3.05) is 0 Å². The molecule has 0 aliphatic carbocycles. The van der Waals surface area contributed by atoms with Gasteiger partial charge in [0.25, 0.3) is 0 Å². The zero-order valence-electron chi connectivity index (χ0n) is 9.91. The van der Waals surface area contributed by atoms with Crippen molar-refractivity contribution in [3.63, 3.8) is 0 Å². The summed E-state index contributed by atoms with van der Waals surface area (Å²) in [5.74, 6) is 0. The summed E-state index contributed by atoms with van der Waals surface area (Å²) >= 11 is 0. The fourth-order valence-corrected chi connectivity index (χ4v) is 2.46. The Kier molecular flexibility index (Phi) is 3.94. The molecule has 1 heterocycles. The van der Waals surface area contributed by atoms with Crippen molar-refractivity contribution in [2.45, 2.75) is 17.9 Å². The van der Waals surface area contributed by atoms with Crippen LogP contribution in [-0.2, 0) is 23.0 Å². The molecule has 0 fully saturated rings. The molecule has 0 saturated heterocycles. The SMILES string of the molecule is N#CCc1ccc(S(=O)(=O)NCc2ccon2)cc1. The molecule has 19 heavy (non-hydrogen) atoms. The molecule has 7 heteroatoms. The molecule has 1 aromatic carbocycles. The van der Waals surface area contributed by atoms with Crippen molar-refractivity contribution in [3.8, 4) is 6.07 Å². The van der Waals surface area contributed by atoms with E-state index in [-0.39, 0.29) is 17.9 Å². The predicted octanol–water partition coefficient (Wildman–Crippen LogP) is 1.22. The highest BCUT2D eigenvalue weighted by Crippen LogP contribution is 2.11. The van der Waals surface area contributed by atoms with Crippen LogP contribution in [0.4, 0.5) is 0 Å². The van der Waals surface area contributed by atoms with Crippen LogP contribution < -0.4 is 4.72 Å². The van der Waals surface area contributed by atoms with Gasteiger partial charge in [0.2, 0.25) is 10.0 Å². The Hall–Kier alpha value is -2.17. The van der Waals surface area contributed by atoms with Gasteiger partial charge in [0.05, 0.1) is 29.6 Å². The second-order valence-electron chi connectivity index (χ2n) is 3.79. The van der Waals surface area contributed by atoms with Crippen LogP contribution in [0.3, 0.4) is 0 Å². The number of hydrogen-bond acceptors (Lipinski definition) is 5. The van der Waals surface area contributed by atoms with Gasteiger partial charge in [-0.1, -0.05) is 17.3 Å². The Morgan fingerprint density at radius 3 is 2.58 bits per heavy atom. The second kappa shape index (κ2) is 5.65. The molecule has 2 aromatic rings. The lowest BCUT2D eigenvalue weighted by molar-refractivity contribution is 0.411. The van der Waals surface area contributed by atoms with E-state index >= 15 is 0 Å². The summed E-state index contributed by atoms with van der Waals surface area (Å²) in [6.07, 6.45) is 1.63. The van der Waals surface area contributed by atoms with Crippen molar-refractivity contribution in [3.05, 3.63) is 47.9 Å². The number of nitriles is 1. The molecule has 0 radical (unpaired) electrons. The highest BCUT2D eigenvalue weighted by molar-refractivity contribution is 7.89. The average molecular weight is 277 g/mol. The van der Waals surface area contributed by atoms with Gasteiger partial charge in [-0.05, 0) is 17.7 Å². The zero-order valence-corrected chi connectivity index (χ0v) is 10.7. The van der Waals surface area contributed by atoms with Gasteiger partial charge in [0.1, 0.15) is 6.26 Å². The number of nitrogens with one attached hydrogen (secondary N) is 1. The van der Waals surface area contributed by atoms with E-state index in [2.05, 4.69) is 14.4 Å². The molecule has 6 nitrogen and oxygen atoms in total. The van der Waals surface area contributed by atoms with Crippen molar-refractivity contribution >= 4 is 10.0 Å². The van der Waals surface area contributed by atoms with E-state index in [1.54, 1.807) is 18.2 Å². The topological polar surface area (TPSA) is 96.0 Å². The molecule has 98 valence electrons. The van der Waals surface area contributed by atoms with Crippen molar-refractivity contribution in [1.82, 2.24) is 9.88 Å². The van der Waals surface area contributed by atoms with Crippen molar-refractivity contribution in [1.29, 1.82) is 5.26 Å². The minimum Gasteiger partial charge on any atom is -0.364 e. The van der Waals surface area contributed by atoms with E-state index in [9.17, 15) is 8.42 Å². The minimum absolute atomic E-state index is 0.0682. The molecule has 2 rings (SSSR count). The molecular formula is C12H11N3O3S. The largest absolute Gasteiger partial charge is 0.364 e. The molecule has 0 bridgehead atoms. The van der Waals surface area contributed by atoms with Gasteiger partial charge in [-0.3, -0.25) is 0 Å². The van der Waals surface area contributed by atoms with Gasteiger partial charge in [0, 0.05) is 6.07 Å². The second-order valence-corrected chi connectivity index (χ2v) is 5.56. The van der Waals surface area contributed by atoms with Gasteiger partial charge < -0.3 is 4.52 Å². The monoisotopic (exact) mass is 277 g/mol. The Morgan fingerprint density at radius 2 is 2.00 bits per heavy atom.